The van der Waals surface area contributed by atoms with Crippen molar-refractivity contribution in [1.29, 1.82) is 0 Å². The zero-order chi connectivity index (χ0) is 15.4. The Morgan fingerprint density at radius 2 is 2.00 bits per heavy atom. The number of fused-ring (bicyclic) bond motifs is 1. The first-order chi connectivity index (χ1) is 9.90. The number of aryl methyl sites for hydroxylation is 1. The number of nitrogens with zero attached hydrogens (tertiary/aromatic N) is 1. The van der Waals surface area contributed by atoms with Gasteiger partial charge in [-0.05, 0) is 42.4 Å². The molecular weight excluding hydrogens is 314 g/mol. The minimum atomic E-state index is -3.54. The van der Waals surface area contributed by atoms with Gasteiger partial charge in [-0.2, -0.15) is 4.31 Å². The van der Waals surface area contributed by atoms with E-state index in [1.807, 2.05) is 0 Å². The quantitative estimate of drug-likeness (QED) is 0.908. The summed E-state index contributed by atoms with van der Waals surface area (Å²) in [6.45, 7) is 2.86. The van der Waals surface area contributed by atoms with Crippen molar-refractivity contribution < 1.29 is 18.3 Å². The fourth-order valence-electron chi connectivity index (χ4n) is 3.29. The Bertz CT molecular complexity index is 664. The number of benzene rings is 1. The standard InChI is InChI=1S/C14H18ClNO4S/c1-8-3-13(20-2)12(15)4-14(8)21(18,19)16-5-9-10(6-16)11(9)7-17/h3-4,9-11,17H,5-7H2,1-2H3/t9-,10+,11?. The number of hydrogen-bond acceptors (Lipinski definition) is 4. The Hall–Kier alpha value is -0.820. The molecule has 0 amide bonds. The highest BCUT2D eigenvalue weighted by Gasteiger charge is 2.57. The molecule has 1 saturated carbocycles. The van der Waals surface area contributed by atoms with Gasteiger partial charge in [-0.25, -0.2) is 8.42 Å². The average Bonchev–Trinajstić information content (AvgIpc) is 2.91. The number of hydrogen-bond donors (Lipinski definition) is 1. The Balaban J connectivity index is 1.88. The van der Waals surface area contributed by atoms with Gasteiger partial charge in [0.15, 0.2) is 0 Å². The van der Waals surface area contributed by atoms with Gasteiger partial charge in [-0.3, -0.25) is 0 Å². The lowest BCUT2D eigenvalue weighted by molar-refractivity contribution is 0.247. The van der Waals surface area contributed by atoms with Crippen molar-refractivity contribution in [2.24, 2.45) is 17.8 Å². The number of aliphatic hydroxyl groups is 1. The summed E-state index contributed by atoms with van der Waals surface area (Å²) in [7, 11) is -2.04. The zero-order valence-electron chi connectivity index (χ0n) is 11.9. The first-order valence-electron chi connectivity index (χ1n) is 6.85. The Kier molecular flexibility index (Phi) is 3.68. The second-order valence-electron chi connectivity index (χ2n) is 5.75. The van der Waals surface area contributed by atoms with Crippen molar-refractivity contribution in [3.05, 3.63) is 22.7 Å². The van der Waals surface area contributed by atoms with E-state index >= 15 is 0 Å². The van der Waals surface area contributed by atoms with Crippen LogP contribution in [0, 0.1) is 24.7 Å². The first kappa shape index (κ1) is 15.1. The van der Waals surface area contributed by atoms with Crippen molar-refractivity contribution in [2.75, 3.05) is 26.8 Å². The van der Waals surface area contributed by atoms with Crippen LogP contribution in [0.25, 0.3) is 0 Å². The number of sulfonamides is 1. The van der Waals surface area contributed by atoms with E-state index < -0.39 is 10.0 Å². The minimum Gasteiger partial charge on any atom is -0.495 e. The molecule has 2 aliphatic rings. The molecule has 5 nitrogen and oxygen atoms in total. The molecule has 1 aromatic rings. The molecule has 1 N–H and O–H groups in total. The highest BCUT2D eigenvalue weighted by atomic mass is 35.5. The summed E-state index contributed by atoms with van der Waals surface area (Å²) in [6, 6.07) is 3.10. The second kappa shape index (κ2) is 5.12. The summed E-state index contributed by atoms with van der Waals surface area (Å²) in [5.74, 6) is 1.35. The third-order valence-electron chi connectivity index (χ3n) is 4.62. The third kappa shape index (κ3) is 2.34. The van der Waals surface area contributed by atoms with Crippen molar-refractivity contribution in [2.45, 2.75) is 11.8 Å². The second-order valence-corrected chi connectivity index (χ2v) is 8.06. The fraction of sp³-hybridized carbons (Fsp3) is 0.571. The number of halogens is 1. The Morgan fingerprint density at radius 3 is 2.52 bits per heavy atom. The highest BCUT2D eigenvalue weighted by Crippen LogP contribution is 2.52. The summed E-state index contributed by atoms with van der Waals surface area (Å²) >= 11 is 6.06. The van der Waals surface area contributed by atoms with Gasteiger partial charge in [0.2, 0.25) is 10.0 Å². The number of piperidine rings is 1. The van der Waals surface area contributed by atoms with Gasteiger partial charge in [-0.15, -0.1) is 0 Å². The van der Waals surface area contributed by atoms with Crippen molar-refractivity contribution in [3.8, 4) is 5.75 Å². The van der Waals surface area contributed by atoms with Crippen LogP contribution in [0.3, 0.4) is 0 Å². The van der Waals surface area contributed by atoms with Crippen LogP contribution in [0.4, 0.5) is 0 Å². The molecule has 3 rings (SSSR count). The van der Waals surface area contributed by atoms with Gasteiger partial charge >= 0.3 is 0 Å². The molecule has 2 fully saturated rings. The molecule has 116 valence electrons. The maximum atomic E-state index is 12.7. The topological polar surface area (TPSA) is 66.8 Å². The van der Waals surface area contributed by atoms with Crippen molar-refractivity contribution in [1.82, 2.24) is 4.31 Å². The lowest BCUT2D eigenvalue weighted by atomic mass is 10.2. The number of ether oxygens (including phenoxy) is 1. The lowest BCUT2D eigenvalue weighted by Gasteiger charge is -2.21. The van der Waals surface area contributed by atoms with Crippen LogP contribution in [-0.2, 0) is 10.0 Å². The van der Waals surface area contributed by atoms with Crippen molar-refractivity contribution >= 4 is 21.6 Å². The maximum Gasteiger partial charge on any atom is 0.243 e. The summed E-state index contributed by atoms with van der Waals surface area (Å²) in [5, 5.41) is 9.45. The molecule has 0 spiro atoms. The van der Waals surface area contributed by atoms with Crippen LogP contribution in [0.2, 0.25) is 5.02 Å². The van der Waals surface area contributed by atoms with Crippen LogP contribution < -0.4 is 4.74 Å². The summed E-state index contributed by atoms with van der Waals surface area (Å²) in [4.78, 5) is 0.232. The molecule has 21 heavy (non-hydrogen) atoms. The smallest absolute Gasteiger partial charge is 0.243 e. The van der Waals surface area contributed by atoms with Gasteiger partial charge in [-0.1, -0.05) is 11.6 Å². The molecule has 0 bridgehead atoms. The summed E-state index contributed by atoms with van der Waals surface area (Å²) < 4.78 is 32.1. The first-order valence-corrected chi connectivity index (χ1v) is 8.67. The predicted molar refractivity (Wildman–Crippen MR) is 79.1 cm³/mol. The molecule has 1 aliphatic carbocycles. The van der Waals surface area contributed by atoms with E-state index in [9.17, 15) is 8.42 Å². The zero-order valence-corrected chi connectivity index (χ0v) is 13.5. The normalized spacial score (nSPS) is 28.5. The highest BCUT2D eigenvalue weighted by molar-refractivity contribution is 7.89. The van der Waals surface area contributed by atoms with E-state index in [1.54, 1.807) is 13.0 Å². The van der Waals surface area contributed by atoms with Gasteiger partial charge < -0.3 is 9.84 Å². The van der Waals surface area contributed by atoms with Crippen molar-refractivity contribution in [3.63, 3.8) is 0 Å². The molecule has 0 aromatic heterocycles. The average molecular weight is 332 g/mol. The third-order valence-corrected chi connectivity index (χ3v) is 6.88. The van der Waals surface area contributed by atoms with E-state index in [1.165, 1.54) is 17.5 Å². The molecule has 0 radical (unpaired) electrons. The van der Waals surface area contributed by atoms with Crippen LogP contribution in [0.1, 0.15) is 5.56 Å². The minimum absolute atomic E-state index is 0.149. The van der Waals surface area contributed by atoms with E-state index in [0.29, 0.717) is 41.3 Å². The molecule has 1 saturated heterocycles. The van der Waals surface area contributed by atoms with Crippen LogP contribution in [0.15, 0.2) is 17.0 Å². The van der Waals surface area contributed by atoms with E-state index in [2.05, 4.69) is 0 Å². The number of methoxy groups -OCH3 is 1. The molecule has 3 atom stereocenters. The maximum absolute atomic E-state index is 12.7. The van der Waals surface area contributed by atoms with E-state index in [0.717, 1.165) is 0 Å². The van der Waals surface area contributed by atoms with E-state index in [4.69, 9.17) is 21.4 Å². The van der Waals surface area contributed by atoms with Gasteiger partial charge in [0, 0.05) is 19.7 Å². The molecule has 7 heteroatoms. The van der Waals surface area contributed by atoms with Gasteiger partial charge in [0.25, 0.3) is 0 Å². The van der Waals surface area contributed by atoms with Gasteiger partial charge in [0.1, 0.15) is 5.75 Å². The van der Waals surface area contributed by atoms with Gasteiger partial charge in [0.05, 0.1) is 17.0 Å². The van der Waals surface area contributed by atoms with E-state index in [-0.39, 0.29) is 17.4 Å². The number of aliphatic hydroxyl groups excluding tert-OH is 1. The monoisotopic (exact) mass is 331 g/mol. The Morgan fingerprint density at radius 1 is 1.38 bits per heavy atom. The predicted octanol–water partition coefficient (Wildman–Crippen LogP) is 1.52. The summed E-state index contributed by atoms with van der Waals surface area (Å²) in [6.07, 6.45) is 0. The molecular formula is C14H18ClNO4S. The molecule has 1 aliphatic heterocycles. The molecule has 1 heterocycles. The molecule has 1 aromatic carbocycles. The SMILES string of the molecule is COc1cc(C)c(S(=O)(=O)N2C[C@@H]3C(CO)[C@@H]3C2)cc1Cl. The largest absolute Gasteiger partial charge is 0.495 e. The molecule has 1 unspecified atom stereocenters. The fourth-order valence-corrected chi connectivity index (χ4v) is 5.34. The van der Waals surface area contributed by atoms with Crippen LogP contribution >= 0.6 is 11.6 Å². The lowest BCUT2D eigenvalue weighted by Crippen LogP contribution is -2.32. The number of rotatable bonds is 4. The Labute approximate surface area is 129 Å². The van der Waals surface area contributed by atoms with Crippen LogP contribution in [-0.4, -0.2) is 44.6 Å². The van der Waals surface area contributed by atoms with Crippen LogP contribution in [0.5, 0.6) is 5.75 Å². The summed E-state index contributed by atoms with van der Waals surface area (Å²) in [5.41, 5.74) is 0.621.